The SMILES string of the molecule is CCc1ccc2c(c1)nc(Nc1nc3ccc(OC(F)(F)F)cc3s1)n2C1CCOCC1. The van der Waals surface area contributed by atoms with Gasteiger partial charge in [0.15, 0.2) is 5.13 Å². The van der Waals surface area contributed by atoms with Crippen molar-refractivity contribution in [3.05, 3.63) is 42.0 Å². The lowest BCUT2D eigenvalue weighted by Crippen LogP contribution is -2.20. The molecule has 0 aliphatic carbocycles. The van der Waals surface area contributed by atoms with Crippen molar-refractivity contribution in [2.75, 3.05) is 18.5 Å². The van der Waals surface area contributed by atoms with Crippen LogP contribution in [0.5, 0.6) is 5.75 Å². The van der Waals surface area contributed by atoms with E-state index in [9.17, 15) is 13.2 Å². The first kappa shape index (κ1) is 21.0. The van der Waals surface area contributed by atoms with E-state index in [-0.39, 0.29) is 11.8 Å². The van der Waals surface area contributed by atoms with Crippen molar-refractivity contribution >= 4 is 43.7 Å². The Kier molecular flexibility index (Phi) is 5.42. The van der Waals surface area contributed by atoms with Gasteiger partial charge in [-0.1, -0.05) is 24.3 Å². The Morgan fingerprint density at radius 3 is 2.69 bits per heavy atom. The summed E-state index contributed by atoms with van der Waals surface area (Å²) in [5.74, 6) is 0.410. The maximum atomic E-state index is 12.5. The number of halogens is 3. The minimum atomic E-state index is -4.73. The highest BCUT2D eigenvalue weighted by Gasteiger charge is 2.31. The van der Waals surface area contributed by atoms with Crippen LogP contribution >= 0.6 is 11.3 Å². The zero-order valence-electron chi connectivity index (χ0n) is 17.3. The van der Waals surface area contributed by atoms with Crippen LogP contribution in [0, 0.1) is 0 Å². The lowest BCUT2D eigenvalue weighted by Gasteiger charge is -2.25. The molecule has 2 aromatic carbocycles. The molecule has 4 aromatic rings. The number of anilines is 2. The summed E-state index contributed by atoms with van der Waals surface area (Å²) in [6.07, 6.45) is -2.05. The maximum absolute atomic E-state index is 12.5. The predicted molar refractivity (Wildman–Crippen MR) is 118 cm³/mol. The van der Waals surface area contributed by atoms with Crippen molar-refractivity contribution in [3.63, 3.8) is 0 Å². The molecule has 0 unspecified atom stereocenters. The molecule has 0 bridgehead atoms. The molecule has 0 radical (unpaired) electrons. The summed E-state index contributed by atoms with van der Waals surface area (Å²) in [6.45, 7) is 3.49. The molecule has 0 atom stereocenters. The van der Waals surface area contributed by atoms with Gasteiger partial charge in [-0.2, -0.15) is 0 Å². The molecule has 0 spiro atoms. The Morgan fingerprint density at radius 1 is 1.12 bits per heavy atom. The standard InChI is InChI=1S/C22H21F3N4O2S/c1-2-13-3-6-18-17(11-13)26-20(29(18)14-7-9-30-10-8-14)28-21-27-16-5-4-15(12-19(16)32-21)31-22(23,24)25/h3-6,11-12,14H,2,7-10H2,1H3,(H,26,27,28). The lowest BCUT2D eigenvalue weighted by atomic mass is 10.1. The Bertz CT molecular complexity index is 1260. The topological polar surface area (TPSA) is 61.2 Å². The van der Waals surface area contributed by atoms with E-state index in [2.05, 4.69) is 44.7 Å². The minimum absolute atomic E-state index is 0.241. The van der Waals surface area contributed by atoms with Crippen molar-refractivity contribution in [2.24, 2.45) is 0 Å². The minimum Gasteiger partial charge on any atom is -0.406 e. The van der Waals surface area contributed by atoms with Crippen molar-refractivity contribution < 1.29 is 22.6 Å². The van der Waals surface area contributed by atoms with Crippen LogP contribution in [0.2, 0.25) is 0 Å². The third-order valence-corrected chi connectivity index (χ3v) is 6.46. The third-order valence-electron chi connectivity index (χ3n) is 5.53. The van der Waals surface area contributed by atoms with Gasteiger partial charge in [-0.25, -0.2) is 9.97 Å². The smallest absolute Gasteiger partial charge is 0.406 e. The molecular weight excluding hydrogens is 441 g/mol. The highest BCUT2D eigenvalue weighted by atomic mass is 32.1. The fourth-order valence-corrected chi connectivity index (χ4v) is 4.90. The molecule has 1 aliphatic heterocycles. The number of aromatic nitrogens is 3. The van der Waals surface area contributed by atoms with E-state index in [1.54, 1.807) is 0 Å². The van der Waals surface area contributed by atoms with Crippen LogP contribution in [0.3, 0.4) is 0 Å². The number of benzene rings is 2. The molecule has 32 heavy (non-hydrogen) atoms. The number of hydrogen-bond donors (Lipinski definition) is 1. The van der Waals surface area contributed by atoms with Crippen LogP contribution in [0.25, 0.3) is 21.3 Å². The number of alkyl halides is 3. The van der Waals surface area contributed by atoms with E-state index in [1.807, 2.05) is 0 Å². The van der Waals surface area contributed by atoms with Crippen molar-refractivity contribution in [2.45, 2.75) is 38.6 Å². The number of imidazole rings is 1. The largest absolute Gasteiger partial charge is 0.573 e. The highest BCUT2D eigenvalue weighted by Crippen LogP contribution is 2.36. The van der Waals surface area contributed by atoms with E-state index >= 15 is 0 Å². The van der Waals surface area contributed by atoms with Gasteiger partial charge in [-0.15, -0.1) is 13.2 Å². The summed E-state index contributed by atoms with van der Waals surface area (Å²) in [6, 6.07) is 10.7. The number of rotatable bonds is 5. The van der Waals surface area contributed by atoms with E-state index < -0.39 is 6.36 Å². The van der Waals surface area contributed by atoms with Crippen molar-refractivity contribution in [1.82, 2.24) is 14.5 Å². The summed E-state index contributed by atoms with van der Waals surface area (Å²) in [4.78, 5) is 9.36. The van der Waals surface area contributed by atoms with Crippen LogP contribution in [0.4, 0.5) is 24.3 Å². The molecule has 10 heteroatoms. The number of ether oxygens (including phenoxy) is 2. The first-order valence-electron chi connectivity index (χ1n) is 10.4. The number of aryl methyl sites for hydroxylation is 1. The molecule has 0 amide bonds. The second-order valence-corrected chi connectivity index (χ2v) is 8.68. The quantitative estimate of drug-likeness (QED) is 0.383. The van der Waals surface area contributed by atoms with Gasteiger partial charge in [0, 0.05) is 25.3 Å². The first-order chi connectivity index (χ1) is 15.4. The predicted octanol–water partition coefficient (Wildman–Crippen LogP) is 6.20. The zero-order chi connectivity index (χ0) is 22.3. The molecule has 1 fully saturated rings. The molecule has 1 N–H and O–H groups in total. The molecule has 5 rings (SSSR count). The second kappa shape index (κ2) is 8.25. The molecular formula is C22H21F3N4O2S. The monoisotopic (exact) mass is 462 g/mol. The Morgan fingerprint density at radius 2 is 1.94 bits per heavy atom. The number of nitrogens with zero attached hydrogens (tertiary/aromatic N) is 3. The van der Waals surface area contributed by atoms with Gasteiger partial charge in [-0.3, -0.25) is 0 Å². The van der Waals surface area contributed by atoms with Gasteiger partial charge < -0.3 is 19.4 Å². The fourth-order valence-electron chi connectivity index (χ4n) is 4.02. The fraction of sp³-hybridized carbons (Fsp3) is 0.364. The number of nitrogens with one attached hydrogen (secondary N) is 1. The average Bonchev–Trinajstić information content (AvgIpc) is 3.32. The Balaban J connectivity index is 1.51. The van der Waals surface area contributed by atoms with Gasteiger partial charge in [0.2, 0.25) is 5.95 Å². The lowest BCUT2D eigenvalue weighted by molar-refractivity contribution is -0.274. The number of fused-ring (bicyclic) bond motifs is 2. The molecule has 3 heterocycles. The summed E-state index contributed by atoms with van der Waals surface area (Å²) in [5.41, 5.74) is 3.74. The van der Waals surface area contributed by atoms with Gasteiger partial charge in [0.25, 0.3) is 0 Å². The van der Waals surface area contributed by atoms with E-state index in [1.165, 1.54) is 35.1 Å². The van der Waals surface area contributed by atoms with Gasteiger partial charge in [-0.05, 0) is 49.1 Å². The Labute approximate surface area is 186 Å². The summed E-state index contributed by atoms with van der Waals surface area (Å²) in [5, 5.41) is 3.87. The van der Waals surface area contributed by atoms with Crippen LogP contribution in [-0.2, 0) is 11.2 Å². The molecule has 2 aromatic heterocycles. The number of hydrogen-bond acceptors (Lipinski definition) is 6. The molecule has 1 aliphatic rings. The summed E-state index contributed by atoms with van der Waals surface area (Å²) >= 11 is 1.26. The van der Waals surface area contributed by atoms with Crippen LogP contribution < -0.4 is 10.1 Å². The normalized spacial score (nSPS) is 15.5. The van der Waals surface area contributed by atoms with Gasteiger partial charge in [0.05, 0.1) is 21.3 Å². The maximum Gasteiger partial charge on any atom is 0.573 e. The average molecular weight is 462 g/mol. The van der Waals surface area contributed by atoms with E-state index in [0.717, 1.165) is 30.3 Å². The van der Waals surface area contributed by atoms with Gasteiger partial charge in [0.1, 0.15) is 5.75 Å². The summed E-state index contributed by atoms with van der Waals surface area (Å²) in [7, 11) is 0. The van der Waals surface area contributed by atoms with E-state index in [0.29, 0.717) is 34.5 Å². The molecule has 0 saturated carbocycles. The van der Waals surface area contributed by atoms with Crippen molar-refractivity contribution in [1.29, 1.82) is 0 Å². The van der Waals surface area contributed by atoms with Crippen LogP contribution in [0.1, 0.15) is 31.4 Å². The van der Waals surface area contributed by atoms with Gasteiger partial charge >= 0.3 is 6.36 Å². The Hall–Kier alpha value is -2.85. The van der Waals surface area contributed by atoms with Crippen LogP contribution in [-0.4, -0.2) is 34.1 Å². The first-order valence-corrected chi connectivity index (χ1v) is 11.2. The molecule has 168 valence electrons. The summed E-state index contributed by atoms with van der Waals surface area (Å²) < 4.78 is 50.0. The third kappa shape index (κ3) is 4.24. The second-order valence-electron chi connectivity index (χ2n) is 7.65. The van der Waals surface area contributed by atoms with Crippen LogP contribution in [0.15, 0.2) is 36.4 Å². The van der Waals surface area contributed by atoms with Crippen molar-refractivity contribution in [3.8, 4) is 5.75 Å². The zero-order valence-corrected chi connectivity index (χ0v) is 18.1. The van der Waals surface area contributed by atoms with E-state index in [4.69, 9.17) is 9.72 Å². The molecule has 1 saturated heterocycles. The highest BCUT2D eigenvalue weighted by molar-refractivity contribution is 7.22. The molecule has 6 nitrogen and oxygen atoms in total. The number of thiazole rings is 1.